The summed E-state index contributed by atoms with van der Waals surface area (Å²) in [6.07, 6.45) is 0.470. The molecule has 3 aromatic rings. The fourth-order valence-corrected chi connectivity index (χ4v) is 5.32. The second-order valence-electron chi connectivity index (χ2n) is 9.37. The van der Waals surface area contributed by atoms with Crippen molar-refractivity contribution in [3.05, 3.63) is 64.8 Å². The highest BCUT2D eigenvalue weighted by Gasteiger charge is 2.37. The van der Waals surface area contributed by atoms with Crippen molar-refractivity contribution in [3.8, 4) is 0 Å². The second-order valence-corrected chi connectivity index (χ2v) is 9.37. The van der Waals surface area contributed by atoms with Crippen LogP contribution in [0, 0.1) is 13.8 Å². The minimum atomic E-state index is -0.597. The van der Waals surface area contributed by atoms with Crippen LogP contribution in [-0.4, -0.2) is 72.5 Å². The third-order valence-electron chi connectivity index (χ3n) is 7.45. The molecule has 2 aliphatic heterocycles. The molecule has 1 atom stereocenters. The molecule has 0 bridgehead atoms. The van der Waals surface area contributed by atoms with Crippen LogP contribution in [0.4, 0.5) is 5.69 Å². The van der Waals surface area contributed by atoms with E-state index in [9.17, 15) is 9.59 Å². The van der Waals surface area contributed by atoms with E-state index in [0.29, 0.717) is 19.5 Å². The number of ether oxygens (including phenoxy) is 1. The first kappa shape index (κ1) is 22.5. The number of H-pyrrole nitrogens is 1. The number of fused-ring (bicyclic) bond motifs is 3. The van der Waals surface area contributed by atoms with Crippen LogP contribution in [0.3, 0.4) is 0 Å². The van der Waals surface area contributed by atoms with Crippen LogP contribution in [0.25, 0.3) is 10.9 Å². The van der Waals surface area contributed by atoms with Crippen molar-refractivity contribution in [2.45, 2.75) is 32.9 Å². The molecule has 1 saturated heterocycles. The number of nitrogens with one attached hydrogen (secondary N) is 1. The van der Waals surface area contributed by atoms with Crippen molar-refractivity contribution >= 4 is 28.5 Å². The average Bonchev–Trinajstić information content (AvgIpc) is 3.22. The molecule has 0 radical (unpaired) electrons. The zero-order valence-corrected chi connectivity index (χ0v) is 20.1. The molecule has 1 amide bonds. The van der Waals surface area contributed by atoms with Gasteiger partial charge in [-0.2, -0.15) is 0 Å². The number of anilines is 1. The number of aromatic nitrogens is 1. The van der Waals surface area contributed by atoms with Gasteiger partial charge in [0.2, 0.25) is 5.91 Å². The van der Waals surface area contributed by atoms with Gasteiger partial charge in [0.25, 0.3) is 0 Å². The SMILES string of the molecule is COC(=O)[C@@H]1Cc2c([nH]c3ccccc23)CN1C(=O)CN1CCN(c2cccc(C)c2C)CC1. The number of hydrogen-bond acceptors (Lipinski definition) is 5. The second kappa shape index (κ2) is 9.14. The molecule has 178 valence electrons. The molecule has 1 N–H and O–H groups in total. The minimum absolute atomic E-state index is 0.0279. The normalized spacial score (nSPS) is 18.7. The molecule has 7 nitrogen and oxygen atoms in total. The third-order valence-corrected chi connectivity index (χ3v) is 7.45. The van der Waals surface area contributed by atoms with Crippen molar-refractivity contribution in [1.29, 1.82) is 0 Å². The number of methoxy groups -OCH3 is 1. The molecule has 7 heteroatoms. The molecule has 5 rings (SSSR count). The Kier molecular flexibility index (Phi) is 6.04. The number of esters is 1. The maximum atomic E-state index is 13.4. The summed E-state index contributed by atoms with van der Waals surface area (Å²) in [7, 11) is 1.39. The van der Waals surface area contributed by atoms with Crippen LogP contribution in [0.1, 0.15) is 22.4 Å². The van der Waals surface area contributed by atoms with Crippen LogP contribution in [-0.2, 0) is 27.3 Å². The Morgan fingerprint density at radius 1 is 1.03 bits per heavy atom. The topological polar surface area (TPSA) is 68.9 Å². The van der Waals surface area contributed by atoms with Crippen LogP contribution < -0.4 is 4.90 Å². The van der Waals surface area contributed by atoms with Gasteiger partial charge in [-0.15, -0.1) is 0 Å². The number of amides is 1. The van der Waals surface area contributed by atoms with Gasteiger partial charge >= 0.3 is 5.97 Å². The first-order valence-corrected chi connectivity index (χ1v) is 12.0. The molecule has 3 heterocycles. The average molecular weight is 461 g/mol. The van der Waals surface area contributed by atoms with Gasteiger partial charge in [0.05, 0.1) is 20.2 Å². The molecule has 2 aromatic carbocycles. The number of hydrogen-bond donors (Lipinski definition) is 1. The lowest BCUT2D eigenvalue weighted by atomic mass is 9.96. The molecule has 34 heavy (non-hydrogen) atoms. The molecule has 1 fully saturated rings. The van der Waals surface area contributed by atoms with Gasteiger partial charge in [-0.25, -0.2) is 4.79 Å². The quantitative estimate of drug-likeness (QED) is 0.606. The highest BCUT2D eigenvalue weighted by molar-refractivity contribution is 5.90. The number of aromatic amines is 1. The van der Waals surface area contributed by atoms with Crippen LogP contribution in [0.15, 0.2) is 42.5 Å². The summed E-state index contributed by atoms with van der Waals surface area (Å²) in [5.41, 5.74) is 7.04. The summed E-state index contributed by atoms with van der Waals surface area (Å²) in [5, 5.41) is 1.11. The van der Waals surface area contributed by atoms with Crippen molar-refractivity contribution in [1.82, 2.24) is 14.8 Å². The number of nitrogens with zero attached hydrogens (tertiary/aromatic N) is 3. The Morgan fingerprint density at radius 3 is 2.56 bits per heavy atom. The first-order chi connectivity index (χ1) is 16.5. The predicted molar refractivity (Wildman–Crippen MR) is 133 cm³/mol. The van der Waals surface area contributed by atoms with Gasteiger partial charge in [-0.1, -0.05) is 30.3 Å². The van der Waals surface area contributed by atoms with Crippen LogP contribution >= 0.6 is 0 Å². The van der Waals surface area contributed by atoms with E-state index < -0.39 is 6.04 Å². The molecule has 0 spiro atoms. The van der Waals surface area contributed by atoms with Crippen molar-refractivity contribution in [2.24, 2.45) is 0 Å². The fraction of sp³-hybridized carbons (Fsp3) is 0.407. The minimum Gasteiger partial charge on any atom is -0.467 e. The number of benzene rings is 2. The zero-order chi connectivity index (χ0) is 23.8. The standard InChI is InChI=1S/C27H32N4O3/c1-18-7-6-10-24(19(18)2)30-13-11-29(12-14-30)17-26(32)31-16-23-21(15-25(31)27(33)34-3)20-8-4-5-9-22(20)28-23/h4-10,25,28H,11-17H2,1-3H3/t25-/m0/s1. The summed E-state index contributed by atoms with van der Waals surface area (Å²) < 4.78 is 5.08. The fourth-order valence-electron chi connectivity index (χ4n) is 5.32. The number of carbonyl (C=O) groups is 2. The smallest absolute Gasteiger partial charge is 0.328 e. The van der Waals surface area contributed by atoms with Gasteiger partial charge in [0.1, 0.15) is 6.04 Å². The van der Waals surface area contributed by atoms with Gasteiger partial charge in [-0.3, -0.25) is 9.69 Å². The molecule has 1 aromatic heterocycles. The van der Waals surface area contributed by atoms with E-state index >= 15 is 0 Å². The summed E-state index contributed by atoms with van der Waals surface area (Å²) in [5.74, 6) is -0.385. The molecule has 0 aliphatic carbocycles. The summed E-state index contributed by atoms with van der Waals surface area (Å²) >= 11 is 0. The number of carbonyl (C=O) groups excluding carboxylic acids is 2. The Bertz CT molecular complexity index is 1230. The van der Waals surface area contributed by atoms with Crippen LogP contribution in [0.2, 0.25) is 0 Å². The molecule has 0 unspecified atom stereocenters. The lowest BCUT2D eigenvalue weighted by molar-refractivity contribution is -0.154. The number of para-hydroxylation sites is 1. The number of piperazine rings is 1. The maximum Gasteiger partial charge on any atom is 0.328 e. The Morgan fingerprint density at radius 2 is 1.79 bits per heavy atom. The zero-order valence-electron chi connectivity index (χ0n) is 20.1. The number of rotatable bonds is 4. The molecule has 2 aliphatic rings. The Hall–Kier alpha value is -3.32. The highest BCUT2D eigenvalue weighted by Crippen LogP contribution is 2.31. The number of aryl methyl sites for hydroxylation is 1. The van der Waals surface area contributed by atoms with Gasteiger partial charge < -0.3 is 19.5 Å². The van der Waals surface area contributed by atoms with E-state index in [1.807, 2.05) is 18.2 Å². The third kappa shape index (κ3) is 4.05. The lowest BCUT2D eigenvalue weighted by Crippen LogP contribution is -2.54. The van der Waals surface area contributed by atoms with E-state index in [0.717, 1.165) is 48.3 Å². The van der Waals surface area contributed by atoms with E-state index in [-0.39, 0.29) is 11.9 Å². The lowest BCUT2D eigenvalue weighted by Gasteiger charge is -2.39. The van der Waals surface area contributed by atoms with E-state index in [4.69, 9.17) is 4.74 Å². The largest absolute Gasteiger partial charge is 0.467 e. The Labute approximate surface area is 200 Å². The van der Waals surface area contributed by atoms with E-state index in [2.05, 4.69) is 52.9 Å². The molecular formula is C27H32N4O3. The maximum absolute atomic E-state index is 13.4. The molecular weight excluding hydrogens is 428 g/mol. The summed E-state index contributed by atoms with van der Waals surface area (Å²) in [4.78, 5) is 35.8. The monoisotopic (exact) mass is 460 g/mol. The highest BCUT2D eigenvalue weighted by atomic mass is 16.5. The Balaban J connectivity index is 1.29. The van der Waals surface area contributed by atoms with Crippen molar-refractivity contribution in [3.63, 3.8) is 0 Å². The van der Waals surface area contributed by atoms with Gasteiger partial charge in [-0.05, 0) is 42.7 Å². The molecule has 0 saturated carbocycles. The predicted octanol–water partition coefficient (Wildman–Crippen LogP) is 3.03. The van der Waals surface area contributed by atoms with Crippen molar-refractivity contribution in [2.75, 3.05) is 44.7 Å². The van der Waals surface area contributed by atoms with Crippen LogP contribution in [0.5, 0.6) is 0 Å². The summed E-state index contributed by atoms with van der Waals surface area (Å²) in [6, 6.07) is 13.9. The van der Waals surface area contributed by atoms with Gasteiger partial charge in [0.15, 0.2) is 0 Å². The van der Waals surface area contributed by atoms with E-state index in [1.165, 1.54) is 23.9 Å². The van der Waals surface area contributed by atoms with E-state index in [1.54, 1.807) is 4.90 Å². The summed E-state index contributed by atoms with van der Waals surface area (Å²) in [6.45, 7) is 8.40. The van der Waals surface area contributed by atoms with Gasteiger partial charge in [0, 0.05) is 54.9 Å². The first-order valence-electron chi connectivity index (χ1n) is 12.0. The van der Waals surface area contributed by atoms with Crippen molar-refractivity contribution < 1.29 is 14.3 Å².